The number of hydrogen-bond donors (Lipinski definition) is 1. The van der Waals surface area contributed by atoms with Crippen LogP contribution < -0.4 is 10.6 Å². The van der Waals surface area contributed by atoms with Crippen molar-refractivity contribution in [1.82, 2.24) is 9.97 Å². The standard InChI is InChI=1S/C12H20N4/c1-10-14-8-6-12(15-10)16-9-3-2-4-11(16)5-7-13/h6,8,11H,2-5,7,9,13H2,1H3. The first-order valence-corrected chi connectivity index (χ1v) is 6.07. The van der Waals surface area contributed by atoms with Gasteiger partial charge in [-0.15, -0.1) is 0 Å². The first-order chi connectivity index (χ1) is 7.81. The van der Waals surface area contributed by atoms with Crippen molar-refractivity contribution in [3.8, 4) is 0 Å². The first kappa shape index (κ1) is 11.3. The third kappa shape index (κ3) is 2.50. The van der Waals surface area contributed by atoms with E-state index < -0.39 is 0 Å². The smallest absolute Gasteiger partial charge is 0.132 e. The molecule has 1 aliphatic rings. The molecule has 2 heterocycles. The highest BCUT2D eigenvalue weighted by Crippen LogP contribution is 2.24. The maximum atomic E-state index is 5.67. The van der Waals surface area contributed by atoms with Gasteiger partial charge < -0.3 is 10.6 Å². The zero-order valence-corrected chi connectivity index (χ0v) is 9.89. The maximum absolute atomic E-state index is 5.67. The van der Waals surface area contributed by atoms with Gasteiger partial charge in [0.15, 0.2) is 0 Å². The molecule has 0 amide bonds. The second-order valence-corrected chi connectivity index (χ2v) is 4.38. The number of anilines is 1. The normalized spacial score (nSPS) is 21.1. The highest BCUT2D eigenvalue weighted by Gasteiger charge is 2.22. The molecule has 0 radical (unpaired) electrons. The van der Waals surface area contributed by atoms with Crippen molar-refractivity contribution in [2.24, 2.45) is 5.73 Å². The lowest BCUT2D eigenvalue weighted by atomic mass is 9.99. The monoisotopic (exact) mass is 220 g/mol. The Labute approximate surface area is 96.9 Å². The fourth-order valence-electron chi connectivity index (χ4n) is 2.40. The highest BCUT2D eigenvalue weighted by atomic mass is 15.2. The van der Waals surface area contributed by atoms with E-state index in [1.54, 1.807) is 0 Å². The molecule has 0 saturated carbocycles. The number of aryl methyl sites for hydroxylation is 1. The summed E-state index contributed by atoms with van der Waals surface area (Å²) in [6.07, 6.45) is 6.70. The van der Waals surface area contributed by atoms with Gasteiger partial charge in [-0.05, 0) is 45.2 Å². The Kier molecular flexibility index (Phi) is 3.72. The predicted octanol–water partition coefficient (Wildman–Crippen LogP) is 1.49. The summed E-state index contributed by atoms with van der Waals surface area (Å²) in [7, 11) is 0. The fraction of sp³-hybridized carbons (Fsp3) is 0.667. The highest BCUT2D eigenvalue weighted by molar-refractivity contribution is 5.39. The molecular formula is C12H20N4. The lowest BCUT2D eigenvalue weighted by Crippen LogP contribution is -2.41. The van der Waals surface area contributed by atoms with Crippen molar-refractivity contribution >= 4 is 5.82 Å². The average Bonchev–Trinajstić information content (AvgIpc) is 2.30. The van der Waals surface area contributed by atoms with Crippen LogP contribution in [0.2, 0.25) is 0 Å². The van der Waals surface area contributed by atoms with E-state index >= 15 is 0 Å². The summed E-state index contributed by atoms with van der Waals surface area (Å²) in [6, 6.07) is 2.56. The topological polar surface area (TPSA) is 55.0 Å². The average molecular weight is 220 g/mol. The van der Waals surface area contributed by atoms with E-state index in [4.69, 9.17) is 5.73 Å². The van der Waals surface area contributed by atoms with E-state index in [1.165, 1.54) is 19.3 Å². The summed E-state index contributed by atoms with van der Waals surface area (Å²) in [5.74, 6) is 1.90. The molecule has 0 bridgehead atoms. The molecular weight excluding hydrogens is 200 g/mol. The first-order valence-electron chi connectivity index (χ1n) is 6.07. The van der Waals surface area contributed by atoms with E-state index in [1.807, 2.05) is 19.2 Å². The molecule has 1 saturated heterocycles. The van der Waals surface area contributed by atoms with Crippen molar-refractivity contribution in [2.75, 3.05) is 18.0 Å². The Morgan fingerprint density at radius 3 is 3.12 bits per heavy atom. The number of piperidine rings is 1. The molecule has 2 N–H and O–H groups in total. The van der Waals surface area contributed by atoms with Gasteiger partial charge in [0.2, 0.25) is 0 Å². The molecule has 2 rings (SSSR count). The number of hydrogen-bond acceptors (Lipinski definition) is 4. The van der Waals surface area contributed by atoms with Crippen molar-refractivity contribution in [3.63, 3.8) is 0 Å². The van der Waals surface area contributed by atoms with E-state index in [0.717, 1.165) is 31.2 Å². The molecule has 88 valence electrons. The van der Waals surface area contributed by atoms with Gasteiger partial charge in [0.05, 0.1) is 0 Å². The Hall–Kier alpha value is -1.16. The molecule has 1 fully saturated rings. The van der Waals surface area contributed by atoms with Crippen molar-refractivity contribution in [3.05, 3.63) is 18.1 Å². The van der Waals surface area contributed by atoms with Crippen LogP contribution in [0.25, 0.3) is 0 Å². The largest absolute Gasteiger partial charge is 0.353 e. The van der Waals surface area contributed by atoms with Crippen LogP contribution in [0.4, 0.5) is 5.82 Å². The molecule has 1 unspecified atom stereocenters. The summed E-state index contributed by atoms with van der Waals surface area (Å²) >= 11 is 0. The van der Waals surface area contributed by atoms with Crippen LogP contribution in [-0.4, -0.2) is 29.1 Å². The van der Waals surface area contributed by atoms with Crippen LogP contribution in [0.1, 0.15) is 31.5 Å². The van der Waals surface area contributed by atoms with E-state index in [-0.39, 0.29) is 0 Å². The Bertz CT molecular complexity index is 338. The second-order valence-electron chi connectivity index (χ2n) is 4.38. The fourth-order valence-corrected chi connectivity index (χ4v) is 2.40. The predicted molar refractivity (Wildman–Crippen MR) is 65.4 cm³/mol. The molecule has 0 aliphatic carbocycles. The summed E-state index contributed by atoms with van der Waals surface area (Å²) in [5.41, 5.74) is 5.67. The van der Waals surface area contributed by atoms with Gasteiger partial charge >= 0.3 is 0 Å². The van der Waals surface area contributed by atoms with Gasteiger partial charge in [0, 0.05) is 18.8 Å². The van der Waals surface area contributed by atoms with Crippen molar-refractivity contribution in [2.45, 2.75) is 38.6 Å². The summed E-state index contributed by atoms with van der Waals surface area (Å²) in [5, 5.41) is 0. The third-order valence-corrected chi connectivity index (χ3v) is 3.18. The quantitative estimate of drug-likeness (QED) is 0.838. The van der Waals surface area contributed by atoms with Crippen molar-refractivity contribution < 1.29 is 0 Å². The van der Waals surface area contributed by atoms with Gasteiger partial charge in [0.1, 0.15) is 11.6 Å². The second kappa shape index (κ2) is 5.25. The molecule has 1 aromatic rings. The third-order valence-electron chi connectivity index (χ3n) is 3.18. The van der Waals surface area contributed by atoms with E-state index in [2.05, 4.69) is 14.9 Å². The molecule has 1 aliphatic heterocycles. The van der Waals surface area contributed by atoms with Gasteiger partial charge in [0.25, 0.3) is 0 Å². The molecule has 4 heteroatoms. The number of nitrogens with two attached hydrogens (primary N) is 1. The van der Waals surface area contributed by atoms with Crippen LogP contribution in [0.15, 0.2) is 12.3 Å². The lowest BCUT2D eigenvalue weighted by molar-refractivity contribution is 0.438. The van der Waals surface area contributed by atoms with Gasteiger partial charge in [-0.25, -0.2) is 9.97 Å². The zero-order chi connectivity index (χ0) is 11.4. The summed E-state index contributed by atoms with van der Waals surface area (Å²) in [4.78, 5) is 11.0. The van der Waals surface area contributed by atoms with E-state index in [0.29, 0.717) is 6.04 Å². The minimum absolute atomic E-state index is 0.563. The molecule has 0 aromatic carbocycles. The zero-order valence-electron chi connectivity index (χ0n) is 9.89. The Balaban J connectivity index is 2.16. The van der Waals surface area contributed by atoms with Crippen LogP contribution in [-0.2, 0) is 0 Å². The summed E-state index contributed by atoms with van der Waals surface area (Å²) < 4.78 is 0. The van der Waals surface area contributed by atoms with Crippen LogP contribution >= 0.6 is 0 Å². The summed E-state index contributed by atoms with van der Waals surface area (Å²) in [6.45, 7) is 3.79. The van der Waals surface area contributed by atoms with Crippen molar-refractivity contribution in [1.29, 1.82) is 0 Å². The minimum atomic E-state index is 0.563. The van der Waals surface area contributed by atoms with Gasteiger partial charge in [-0.3, -0.25) is 0 Å². The van der Waals surface area contributed by atoms with E-state index in [9.17, 15) is 0 Å². The van der Waals surface area contributed by atoms with Crippen LogP contribution in [0.3, 0.4) is 0 Å². The Morgan fingerprint density at radius 1 is 1.50 bits per heavy atom. The molecule has 0 spiro atoms. The SMILES string of the molecule is Cc1nccc(N2CCCCC2CCN)n1. The number of nitrogens with zero attached hydrogens (tertiary/aromatic N) is 3. The van der Waals surface area contributed by atoms with Gasteiger partial charge in [-0.1, -0.05) is 0 Å². The van der Waals surface area contributed by atoms with Crippen LogP contribution in [0, 0.1) is 6.92 Å². The molecule has 4 nitrogen and oxygen atoms in total. The molecule has 1 aromatic heterocycles. The lowest BCUT2D eigenvalue weighted by Gasteiger charge is -2.36. The Morgan fingerprint density at radius 2 is 2.38 bits per heavy atom. The van der Waals surface area contributed by atoms with Crippen LogP contribution in [0.5, 0.6) is 0 Å². The minimum Gasteiger partial charge on any atom is -0.353 e. The number of aromatic nitrogens is 2. The number of rotatable bonds is 3. The maximum Gasteiger partial charge on any atom is 0.132 e. The molecule has 16 heavy (non-hydrogen) atoms. The van der Waals surface area contributed by atoms with Gasteiger partial charge in [-0.2, -0.15) is 0 Å². The molecule has 1 atom stereocenters.